The quantitative estimate of drug-likeness (QED) is 0.764. The maximum atomic E-state index is 12.5. The minimum Gasteiger partial charge on any atom is -0.444 e. The molecule has 0 spiro atoms. The number of anilines is 1. The third-order valence-corrected chi connectivity index (χ3v) is 4.32. The minimum absolute atomic E-state index is 0.239. The van der Waals surface area contributed by atoms with E-state index in [1.807, 2.05) is 25.7 Å². The van der Waals surface area contributed by atoms with Crippen molar-refractivity contribution < 1.29 is 9.53 Å². The van der Waals surface area contributed by atoms with Crippen LogP contribution in [0.3, 0.4) is 0 Å². The molecule has 3 rings (SSSR count). The topological polar surface area (TPSA) is 91.4 Å². The highest BCUT2D eigenvalue weighted by molar-refractivity contribution is 6.34. The standard InChI is InChI=1S/C17H22ClN5O3/c1-10-19-13(18)11-9-12(15(24)21-14(11)20-10)22-5-7-23(8-6-22)16(25)26-17(2,3)4/h9H,5-8H2,1-4H3,(H,19,20,21,24). The largest absolute Gasteiger partial charge is 0.444 e. The molecule has 0 aromatic carbocycles. The van der Waals surface area contributed by atoms with Gasteiger partial charge in [0, 0.05) is 26.2 Å². The van der Waals surface area contributed by atoms with Crippen LogP contribution >= 0.6 is 11.6 Å². The summed E-state index contributed by atoms with van der Waals surface area (Å²) in [5, 5.41) is 0.902. The zero-order valence-corrected chi connectivity index (χ0v) is 16.1. The van der Waals surface area contributed by atoms with Gasteiger partial charge in [0.1, 0.15) is 27.9 Å². The van der Waals surface area contributed by atoms with E-state index in [1.54, 1.807) is 17.9 Å². The number of halogens is 1. The van der Waals surface area contributed by atoms with Crippen LogP contribution in [0.1, 0.15) is 26.6 Å². The number of pyridine rings is 1. The Hall–Kier alpha value is -2.35. The van der Waals surface area contributed by atoms with Crippen molar-refractivity contribution in [1.82, 2.24) is 19.9 Å². The van der Waals surface area contributed by atoms with Crippen molar-refractivity contribution in [2.24, 2.45) is 0 Å². The summed E-state index contributed by atoms with van der Waals surface area (Å²) in [5.74, 6) is 0.497. The van der Waals surface area contributed by atoms with Crippen LogP contribution in [0.5, 0.6) is 0 Å². The van der Waals surface area contributed by atoms with Gasteiger partial charge in [0.05, 0.1) is 5.39 Å². The lowest BCUT2D eigenvalue weighted by molar-refractivity contribution is 0.0240. The van der Waals surface area contributed by atoms with Crippen LogP contribution in [0.2, 0.25) is 5.15 Å². The van der Waals surface area contributed by atoms with Gasteiger partial charge in [-0.1, -0.05) is 11.6 Å². The average molecular weight is 380 g/mol. The van der Waals surface area contributed by atoms with Gasteiger partial charge in [-0.05, 0) is 33.8 Å². The first-order valence-electron chi connectivity index (χ1n) is 8.44. The molecule has 1 amide bonds. The van der Waals surface area contributed by atoms with Gasteiger partial charge in [-0.3, -0.25) is 4.79 Å². The molecule has 3 heterocycles. The summed E-state index contributed by atoms with van der Waals surface area (Å²) in [7, 11) is 0. The SMILES string of the molecule is Cc1nc(Cl)c2cc(N3CCN(C(=O)OC(C)(C)C)CC3)c(=O)[nH]c2n1. The Morgan fingerprint density at radius 1 is 1.23 bits per heavy atom. The second-order valence-corrected chi connectivity index (χ2v) is 7.62. The summed E-state index contributed by atoms with van der Waals surface area (Å²) in [6.45, 7) is 9.23. The number of aromatic nitrogens is 3. The number of hydrogen-bond donors (Lipinski definition) is 1. The molecule has 1 N–H and O–H groups in total. The summed E-state index contributed by atoms with van der Waals surface area (Å²) in [6.07, 6.45) is -0.337. The lowest BCUT2D eigenvalue weighted by atomic mass is 10.2. The molecule has 1 saturated heterocycles. The molecule has 1 fully saturated rings. The van der Waals surface area contributed by atoms with Crippen molar-refractivity contribution in [3.8, 4) is 0 Å². The number of fused-ring (bicyclic) bond motifs is 1. The van der Waals surface area contributed by atoms with E-state index < -0.39 is 5.60 Å². The third kappa shape index (κ3) is 3.90. The summed E-state index contributed by atoms with van der Waals surface area (Å²) in [4.78, 5) is 39.3. The Labute approximate surface area is 156 Å². The fraction of sp³-hybridized carbons (Fsp3) is 0.529. The summed E-state index contributed by atoms with van der Waals surface area (Å²) in [5.41, 5.74) is 0.148. The number of nitrogens with zero attached hydrogens (tertiary/aromatic N) is 4. The lowest BCUT2D eigenvalue weighted by Gasteiger charge is -2.36. The van der Waals surface area contributed by atoms with Gasteiger partial charge in [-0.15, -0.1) is 0 Å². The van der Waals surface area contributed by atoms with Crippen LogP contribution < -0.4 is 10.5 Å². The number of aromatic amines is 1. The van der Waals surface area contributed by atoms with Gasteiger partial charge >= 0.3 is 6.09 Å². The van der Waals surface area contributed by atoms with E-state index in [4.69, 9.17) is 16.3 Å². The van der Waals surface area contributed by atoms with Crippen molar-refractivity contribution in [3.05, 3.63) is 27.4 Å². The first-order valence-corrected chi connectivity index (χ1v) is 8.82. The highest BCUT2D eigenvalue weighted by atomic mass is 35.5. The molecule has 0 saturated carbocycles. The fourth-order valence-electron chi connectivity index (χ4n) is 2.84. The molecule has 2 aromatic rings. The van der Waals surface area contributed by atoms with Crippen LogP contribution in [-0.2, 0) is 4.74 Å². The molecule has 0 bridgehead atoms. The Kier molecular flexibility index (Phi) is 4.79. The van der Waals surface area contributed by atoms with Crippen molar-refractivity contribution in [2.45, 2.75) is 33.3 Å². The molecule has 0 aliphatic carbocycles. The highest BCUT2D eigenvalue weighted by Gasteiger charge is 2.27. The molecule has 1 aliphatic heterocycles. The number of carbonyl (C=O) groups excluding carboxylic acids is 1. The number of ether oxygens (including phenoxy) is 1. The Bertz CT molecular complexity index is 898. The molecule has 0 radical (unpaired) electrons. The van der Waals surface area contributed by atoms with Crippen molar-refractivity contribution in [2.75, 3.05) is 31.1 Å². The van der Waals surface area contributed by atoms with E-state index in [9.17, 15) is 9.59 Å². The monoisotopic (exact) mass is 379 g/mol. The van der Waals surface area contributed by atoms with Crippen molar-refractivity contribution in [1.29, 1.82) is 0 Å². The first-order chi connectivity index (χ1) is 12.1. The fourth-order valence-corrected chi connectivity index (χ4v) is 3.10. The van der Waals surface area contributed by atoms with Gasteiger partial charge in [-0.25, -0.2) is 14.8 Å². The molecule has 0 atom stereocenters. The number of hydrogen-bond acceptors (Lipinski definition) is 6. The first kappa shape index (κ1) is 18.4. The van der Waals surface area contributed by atoms with Crippen LogP contribution in [0, 0.1) is 6.92 Å². The van der Waals surface area contributed by atoms with Crippen LogP contribution in [0.25, 0.3) is 11.0 Å². The number of amides is 1. The molecule has 26 heavy (non-hydrogen) atoms. The maximum absolute atomic E-state index is 12.5. The van der Waals surface area contributed by atoms with Gasteiger partial charge in [-0.2, -0.15) is 0 Å². The maximum Gasteiger partial charge on any atom is 0.410 e. The van der Waals surface area contributed by atoms with Gasteiger partial charge in [0.2, 0.25) is 0 Å². The van der Waals surface area contributed by atoms with Crippen LogP contribution in [-0.4, -0.2) is 57.7 Å². The number of carbonyl (C=O) groups is 1. The van der Waals surface area contributed by atoms with E-state index in [2.05, 4.69) is 15.0 Å². The second kappa shape index (κ2) is 6.75. The smallest absolute Gasteiger partial charge is 0.410 e. The molecule has 8 nitrogen and oxygen atoms in total. The van der Waals surface area contributed by atoms with Crippen molar-refractivity contribution >= 4 is 34.4 Å². The molecular formula is C17H22ClN5O3. The van der Waals surface area contributed by atoms with Gasteiger partial charge in [0.15, 0.2) is 0 Å². The van der Waals surface area contributed by atoms with E-state index >= 15 is 0 Å². The Morgan fingerprint density at radius 2 is 1.88 bits per heavy atom. The van der Waals surface area contributed by atoms with Gasteiger partial charge in [0.25, 0.3) is 5.56 Å². The van der Waals surface area contributed by atoms with Crippen LogP contribution in [0.4, 0.5) is 10.5 Å². The Morgan fingerprint density at radius 3 is 2.50 bits per heavy atom. The minimum atomic E-state index is -0.529. The molecule has 0 unspecified atom stereocenters. The zero-order chi connectivity index (χ0) is 19.1. The predicted octanol–water partition coefficient (Wildman–Crippen LogP) is 2.34. The molecule has 2 aromatic heterocycles. The van der Waals surface area contributed by atoms with E-state index in [0.29, 0.717) is 53.9 Å². The predicted molar refractivity (Wildman–Crippen MR) is 99.9 cm³/mol. The van der Waals surface area contributed by atoms with Crippen molar-refractivity contribution in [3.63, 3.8) is 0 Å². The number of aryl methyl sites for hydroxylation is 1. The zero-order valence-electron chi connectivity index (χ0n) is 15.3. The summed E-state index contributed by atoms with van der Waals surface area (Å²) >= 11 is 6.19. The third-order valence-electron chi connectivity index (χ3n) is 4.03. The van der Waals surface area contributed by atoms with E-state index in [1.165, 1.54) is 0 Å². The van der Waals surface area contributed by atoms with Gasteiger partial charge < -0.3 is 19.5 Å². The van der Waals surface area contributed by atoms with E-state index in [-0.39, 0.29) is 11.7 Å². The average Bonchev–Trinajstić information content (AvgIpc) is 2.52. The second-order valence-electron chi connectivity index (χ2n) is 7.26. The summed E-state index contributed by atoms with van der Waals surface area (Å²) in [6, 6.07) is 1.71. The number of nitrogens with one attached hydrogen (secondary N) is 1. The van der Waals surface area contributed by atoms with E-state index in [0.717, 1.165) is 0 Å². The number of H-pyrrole nitrogens is 1. The number of rotatable bonds is 1. The number of piperazine rings is 1. The molecular weight excluding hydrogens is 358 g/mol. The lowest BCUT2D eigenvalue weighted by Crippen LogP contribution is -2.51. The molecule has 1 aliphatic rings. The van der Waals surface area contributed by atoms with Crippen LogP contribution in [0.15, 0.2) is 10.9 Å². The summed E-state index contributed by atoms with van der Waals surface area (Å²) < 4.78 is 5.39. The Balaban J connectivity index is 1.78. The normalized spacial score (nSPS) is 15.4. The molecule has 9 heteroatoms. The molecule has 140 valence electrons. The highest BCUT2D eigenvalue weighted by Crippen LogP contribution is 2.22.